The van der Waals surface area contributed by atoms with Crippen LogP contribution in [0.25, 0.3) is 21.6 Å². The van der Waals surface area contributed by atoms with Gasteiger partial charge in [-0.05, 0) is 25.5 Å². The second-order valence-corrected chi connectivity index (χ2v) is 6.17. The number of aryl methyl sites for hydroxylation is 2. The highest BCUT2D eigenvalue weighted by atomic mass is 35.5. The monoisotopic (exact) mass is 309 g/mol. The highest BCUT2D eigenvalue weighted by molar-refractivity contribution is 7.14. The molecule has 19 heavy (non-hydrogen) atoms. The molecule has 1 aromatic carbocycles. The first-order valence-corrected chi connectivity index (χ1v) is 7.18. The molecule has 0 N–H and O–H groups in total. The van der Waals surface area contributed by atoms with Gasteiger partial charge >= 0.3 is 0 Å². The molecule has 2 heterocycles. The van der Waals surface area contributed by atoms with Crippen LogP contribution in [0.2, 0.25) is 10.2 Å². The number of halogens is 2. The fraction of sp³-hybridized carbons (Fsp3) is 0.154. The summed E-state index contributed by atoms with van der Waals surface area (Å²) in [5.74, 6) is 0.591. The first-order chi connectivity index (χ1) is 9.06. The summed E-state index contributed by atoms with van der Waals surface area (Å²) in [4.78, 5) is 14.0. The highest BCUT2D eigenvalue weighted by Crippen LogP contribution is 2.33. The lowest BCUT2D eigenvalue weighted by Gasteiger charge is -2.06. The summed E-state index contributed by atoms with van der Waals surface area (Å²) in [5, 5.41) is 2.61. The molecule has 0 amide bonds. The van der Waals surface area contributed by atoms with E-state index in [-0.39, 0.29) is 0 Å². The predicted molar refractivity (Wildman–Crippen MR) is 80.1 cm³/mol. The van der Waals surface area contributed by atoms with E-state index in [1.165, 1.54) is 0 Å². The van der Waals surface area contributed by atoms with Gasteiger partial charge in [0.1, 0.15) is 5.15 Å². The molecule has 3 nitrogen and oxygen atoms in total. The van der Waals surface area contributed by atoms with E-state index >= 15 is 0 Å². The molecule has 0 radical (unpaired) electrons. The normalized spacial score (nSPS) is 11.2. The van der Waals surface area contributed by atoms with Gasteiger partial charge in [0.25, 0.3) is 0 Å². The molecule has 3 aromatic rings. The summed E-state index contributed by atoms with van der Waals surface area (Å²) in [6.45, 7) is 3.92. The Morgan fingerprint density at radius 1 is 1.11 bits per heavy atom. The van der Waals surface area contributed by atoms with Crippen LogP contribution in [0.15, 0.2) is 18.3 Å². The quantitative estimate of drug-likeness (QED) is 0.613. The van der Waals surface area contributed by atoms with Crippen LogP contribution < -0.4 is 0 Å². The second-order valence-electron chi connectivity index (χ2n) is 4.17. The highest BCUT2D eigenvalue weighted by Gasteiger charge is 2.13. The van der Waals surface area contributed by atoms with Gasteiger partial charge in [-0.2, -0.15) is 0 Å². The second kappa shape index (κ2) is 4.71. The Balaban J connectivity index is 2.33. The van der Waals surface area contributed by atoms with Crippen LogP contribution in [0.1, 0.15) is 10.6 Å². The van der Waals surface area contributed by atoms with Crippen molar-refractivity contribution in [3.8, 4) is 10.7 Å². The van der Waals surface area contributed by atoms with Gasteiger partial charge < -0.3 is 0 Å². The molecule has 0 aliphatic heterocycles. The van der Waals surface area contributed by atoms with E-state index < -0.39 is 0 Å². The molecular weight excluding hydrogens is 301 g/mol. The third-order valence-electron chi connectivity index (χ3n) is 2.80. The maximum Gasteiger partial charge on any atom is 0.173 e. The average Bonchev–Trinajstić information content (AvgIpc) is 2.80. The zero-order valence-corrected chi connectivity index (χ0v) is 12.6. The summed E-state index contributed by atoms with van der Waals surface area (Å²) in [6.07, 6.45) is 1.76. The van der Waals surface area contributed by atoms with Crippen molar-refractivity contribution in [3.63, 3.8) is 0 Å². The minimum atomic E-state index is 0.375. The molecule has 0 saturated carbocycles. The molecule has 0 atom stereocenters. The van der Waals surface area contributed by atoms with Crippen molar-refractivity contribution in [1.29, 1.82) is 0 Å². The van der Waals surface area contributed by atoms with Gasteiger partial charge in [-0.3, -0.25) is 0 Å². The summed E-state index contributed by atoms with van der Waals surface area (Å²) < 4.78 is 0. The van der Waals surface area contributed by atoms with E-state index in [4.69, 9.17) is 23.2 Å². The number of fused-ring (bicyclic) bond motifs is 1. The fourth-order valence-electron chi connectivity index (χ4n) is 1.87. The summed E-state index contributed by atoms with van der Waals surface area (Å²) >= 11 is 13.9. The molecule has 3 rings (SSSR count). The van der Waals surface area contributed by atoms with Gasteiger partial charge in [0.05, 0.1) is 25.8 Å². The molecule has 0 bridgehead atoms. The number of hydrogen-bond acceptors (Lipinski definition) is 4. The molecule has 0 spiro atoms. The summed E-state index contributed by atoms with van der Waals surface area (Å²) in [5.41, 5.74) is 1.81. The Bertz CT molecular complexity index is 783. The largest absolute Gasteiger partial charge is 0.249 e. The zero-order chi connectivity index (χ0) is 13.6. The number of aromatic nitrogens is 3. The van der Waals surface area contributed by atoms with Crippen LogP contribution in [0, 0.1) is 13.8 Å². The zero-order valence-electron chi connectivity index (χ0n) is 10.2. The third kappa shape index (κ3) is 2.20. The maximum absolute atomic E-state index is 6.24. The molecule has 0 aliphatic carbocycles. The minimum Gasteiger partial charge on any atom is -0.249 e. The smallest absolute Gasteiger partial charge is 0.173 e. The lowest BCUT2D eigenvalue weighted by atomic mass is 10.1. The number of nitrogens with zero attached hydrogens (tertiary/aromatic N) is 3. The number of thiazole rings is 1. The number of benzene rings is 1. The molecule has 0 aliphatic rings. The molecule has 0 fully saturated rings. The van der Waals surface area contributed by atoms with Crippen LogP contribution in [-0.2, 0) is 0 Å². The van der Waals surface area contributed by atoms with Crippen molar-refractivity contribution in [2.75, 3.05) is 0 Å². The van der Waals surface area contributed by atoms with Gasteiger partial charge in [0.15, 0.2) is 5.82 Å². The van der Waals surface area contributed by atoms with Crippen molar-refractivity contribution in [2.45, 2.75) is 13.8 Å². The van der Waals surface area contributed by atoms with Crippen LogP contribution in [0.4, 0.5) is 0 Å². The Morgan fingerprint density at radius 3 is 2.58 bits per heavy atom. The van der Waals surface area contributed by atoms with Gasteiger partial charge in [-0.25, -0.2) is 15.0 Å². The van der Waals surface area contributed by atoms with Crippen LogP contribution in [0.5, 0.6) is 0 Å². The summed E-state index contributed by atoms with van der Waals surface area (Å²) in [6, 6.07) is 3.74. The lowest BCUT2D eigenvalue weighted by Crippen LogP contribution is -1.93. The van der Waals surface area contributed by atoms with Crippen molar-refractivity contribution < 1.29 is 0 Å². The Hall–Kier alpha value is -1.23. The SMILES string of the molecule is Cc1ncc(-c2nc(Cl)c3c(Cl)ccc(C)c3n2)s1. The van der Waals surface area contributed by atoms with E-state index in [2.05, 4.69) is 15.0 Å². The van der Waals surface area contributed by atoms with Crippen molar-refractivity contribution in [1.82, 2.24) is 15.0 Å². The van der Waals surface area contributed by atoms with Gasteiger partial charge in [-0.1, -0.05) is 29.3 Å². The van der Waals surface area contributed by atoms with Crippen molar-refractivity contribution in [2.24, 2.45) is 0 Å². The van der Waals surface area contributed by atoms with Crippen molar-refractivity contribution >= 4 is 45.4 Å². The Morgan fingerprint density at radius 2 is 1.89 bits per heavy atom. The molecule has 0 unspecified atom stereocenters. The van der Waals surface area contributed by atoms with E-state index in [1.54, 1.807) is 17.5 Å². The molecule has 0 saturated heterocycles. The summed E-state index contributed by atoms with van der Waals surface area (Å²) in [7, 11) is 0. The first-order valence-electron chi connectivity index (χ1n) is 5.61. The van der Waals surface area contributed by atoms with Crippen LogP contribution in [-0.4, -0.2) is 15.0 Å². The number of rotatable bonds is 1. The fourth-order valence-corrected chi connectivity index (χ4v) is 3.14. The molecule has 6 heteroatoms. The van der Waals surface area contributed by atoms with Gasteiger partial charge in [0, 0.05) is 6.20 Å². The molecule has 2 aromatic heterocycles. The van der Waals surface area contributed by atoms with Crippen LogP contribution >= 0.6 is 34.5 Å². The predicted octanol–water partition coefficient (Wildman–Crippen LogP) is 4.68. The third-order valence-corrected chi connectivity index (χ3v) is 4.30. The topological polar surface area (TPSA) is 38.7 Å². The Labute approximate surface area is 124 Å². The van der Waals surface area contributed by atoms with E-state index in [0.717, 1.165) is 21.0 Å². The Kier molecular flexibility index (Phi) is 3.17. The maximum atomic E-state index is 6.24. The van der Waals surface area contributed by atoms with E-state index in [0.29, 0.717) is 21.4 Å². The lowest BCUT2D eigenvalue weighted by molar-refractivity contribution is 1.22. The van der Waals surface area contributed by atoms with Gasteiger partial charge in [-0.15, -0.1) is 11.3 Å². The first kappa shape index (κ1) is 12.8. The van der Waals surface area contributed by atoms with Crippen LogP contribution in [0.3, 0.4) is 0 Å². The van der Waals surface area contributed by atoms with Gasteiger partial charge in [0.2, 0.25) is 0 Å². The van der Waals surface area contributed by atoms with E-state index in [1.807, 2.05) is 26.0 Å². The average molecular weight is 310 g/mol. The molecule has 96 valence electrons. The minimum absolute atomic E-state index is 0.375. The van der Waals surface area contributed by atoms with E-state index in [9.17, 15) is 0 Å². The standard InChI is InChI=1S/C13H9Cl2N3S/c1-6-3-4-8(14)10-11(6)17-13(18-12(10)15)9-5-16-7(2)19-9/h3-5H,1-2H3. The van der Waals surface area contributed by atoms with Crippen molar-refractivity contribution in [3.05, 3.63) is 39.1 Å². The number of hydrogen-bond donors (Lipinski definition) is 0. The molecular formula is C13H9Cl2N3S.